The molecule has 0 bridgehead atoms. The van der Waals surface area contributed by atoms with E-state index in [1.54, 1.807) is 12.4 Å². The van der Waals surface area contributed by atoms with Gasteiger partial charge in [-0.3, -0.25) is 14.8 Å². The summed E-state index contributed by atoms with van der Waals surface area (Å²) in [5.41, 5.74) is 27.3. The summed E-state index contributed by atoms with van der Waals surface area (Å²) in [7, 11) is 0. The van der Waals surface area contributed by atoms with Gasteiger partial charge in [-0.1, -0.05) is 282 Å². The fraction of sp³-hybridized carbons (Fsp3) is 0.121. The second-order valence-corrected chi connectivity index (χ2v) is 34.6. The number of aliphatic hydroxyl groups excluding tert-OH is 1. The minimum atomic E-state index is -0.411. The predicted octanol–water partition coefficient (Wildman–Crippen LogP) is 28.4. The van der Waals surface area contributed by atoms with Crippen LogP contribution in [0.4, 0.5) is 11.4 Å². The van der Waals surface area contributed by atoms with Gasteiger partial charge in [0.25, 0.3) is 11.6 Å². The van der Waals surface area contributed by atoms with Gasteiger partial charge in [0.1, 0.15) is 43.6 Å². The van der Waals surface area contributed by atoms with Gasteiger partial charge in [0.15, 0.2) is 24.0 Å². The van der Waals surface area contributed by atoms with Crippen LogP contribution >= 0.6 is 0 Å². The number of aliphatic hydroxyl groups is 1. The van der Waals surface area contributed by atoms with Crippen molar-refractivity contribution in [3.63, 3.8) is 0 Å². The third kappa shape index (κ3) is 22.1. The maximum atomic E-state index is 10.0. The van der Waals surface area contributed by atoms with Crippen LogP contribution in [-0.4, -0.2) is 40.9 Å². The molecule has 20 aromatic rings. The molecule has 12 heterocycles. The number of fused-ring (bicyclic) bond motifs is 15. The monoisotopic (exact) mass is 2190 g/mol. The van der Waals surface area contributed by atoms with E-state index in [0.717, 1.165) is 92.3 Å². The van der Waals surface area contributed by atoms with Gasteiger partial charge in [0, 0.05) is 127 Å². The van der Waals surface area contributed by atoms with Crippen LogP contribution in [0.5, 0.6) is 5.75 Å². The summed E-state index contributed by atoms with van der Waals surface area (Å²) in [5.74, 6) is 4.96. The number of hydrogen-bond acceptors (Lipinski definition) is 9. The topological polar surface area (TPSA) is 143 Å². The van der Waals surface area contributed by atoms with Crippen molar-refractivity contribution in [2.45, 2.75) is 99.3 Å². The number of ether oxygens (including phenoxy) is 1. The second kappa shape index (κ2) is 45.5. The second-order valence-electron chi connectivity index (χ2n) is 34.6. The molecule has 0 saturated heterocycles. The Morgan fingerprint density at radius 1 is 0.550 bits per heavy atom. The van der Waals surface area contributed by atoms with Gasteiger partial charge in [0.05, 0.1) is 67.9 Å². The minimum Gasteiger partial charge on any atom is -0.527 e. The number of azo groups is 1. The van der Waals surface area contributed by atoms with Crippen molar-refractivity contribution in [3.8, 4) is 84.5 Å². The Balaban J connectivity index is 0.000000123. The molecule has 0 unspecified atom stereocenters. The summed E-state index contributed by atoms with van der Waals surface area (Å²) in [4.78, 5) is 23.5. The first kappa shape index (κ1) is 87.1. The number of pyridine rings is 5. The quantitative estimate of drug-likeness (QED) is 0.0328. The van der Waals surface area contributed by atoms with E-state index in [4.69, 9.17) is 25.8 Å². The summed E-state index contributed by atoms with van der Waals surface area (Å²) in [6.07, 6.45) is 17.5. The molecule has 5 aliphatic rings. The Morgan fingerprint density at radius 3 is 1.87 bits per heavy atom. The number of anilines is 1. The molecular formula is C124H107Ir2N11O3. The molecule has 0 atom stereocenters. The molecule has 5 aliphatic heterocycles. The van der Waals surface area contributed by atoms with E-state index >= 15 is 0 Å². The number of carbonyl (C=O) groups is 1. The number of carbonyl (C=O) groups excluding carboxylic acids is 1. The Labute approximate surface area is 857 Å². The number of ketones is 1. The van der Waals surface area contributed by atoms with Crippen LogP contribution in [0.15, 0.2) is 442 Å². The van der Waals surface area contributed by atoms with Crippen molar-refractivity contribution in [1.29, 1.82) is 0 Å². The number of rotatable bonds is 11. The first-order chi connectivity index (χ1) is 70.8. The summed E-state index contributed by atoms with van der Waals surface area (Å²) in [5, 5.41) is 27.0. The number of para-hydroxylation sites is 3. The van der Waals surface area contributed by atoms with Gasteiger partial charge in [-0.15, -0.1) is 83.9 Å². The Kier molecular flexibility index (Phi) is 28.3. The molecule has 7 aromatic heterocycles. The fourth-order valence-electron chi connectivity index (χ4n) is 17.7. The van der Waals surface area contributed by atoms with Gasteiger partial charge >= 0.3 is 0 Å². The molecule has 16 heteroatoms. The van der Waals surface area contributed by atoms with Crippen molar-refractivity contribution in [2.24, 2.45) is 10.2 Å². The third-order valence-electron chi connectivity index (χ3n) is 24.0. The minimum absolute atomic E-state index is 0. The maximum Gasteiger partial charge on any atom is 0.294 e. The van der Waals surface area contributed by atoms with E-state index in [1.165, 1.54) is 125 Å². The summed E-state index contributed by atoms with van der Waals surface area (Å²) in [6.45, 7) is 21.8. The molecular weight excluding hydrogens is 2080 g/mol. The van der Waals surface area contributed by atoms with E-state index in [0.29, 0.717) is 23.2 Å². The van der Waals surface area contributed by atoms with E-state index in [-0.39, 0.29) is 112 Å². The molecule has 25 rings (SSSR count). The average Bonchev–Trinajstić information content (AvgIpc) is 1.54. The maximum absolute atomic E-state index is 10.0. The van der Waals surface area contributed by atoms with Crippen molar-refractivity contribution in [1.82, 2.24) is 23.9 Å². The molecule has 0 fully saturated rings. The number of allylic oxidation sites excluding steroid dienone is 3. The molecule has 14 nitrogen and oxygen atoms in total. The Bertz CT molecular complexity index is 8270. The zero-order valence-electron chi connectivity index (χ0n) is 86.8. The molecule has 2 N–H and O–H groups in total. The molecule has 2 radical (unpaired) electrons. The molecule has 0 saturated carbocycles. The van der Waals surface area contributed by atoms with Crippen LogP contribution < -0.4 is 23.8 Å². The van der Waals surface area contributed by atoms with Gasteiger partial charge in [-0.2, -0.15) is 28.3 Å². The van der Waals surface area contributed by atoms with Crippen LogP contribution in [0.2, 0.25) is 0 Å². The molecule has 0 amide bonds. The first-order valence-electron chi connectivity index (χ1n) is 50.3. The van der Waals surface area contributed by atoms with Crippen LogP contribution in [0, 0.1) is 18.2 Å². The van der Waals surface area contributed by atoms with E-state index in [9.17, 15) is 4.79 Å². The average molecular weight is 2190 g/mol. The summed E-state index contributed by atoms with van der Waals surface area (Å²) < 4.78 is 78.8. The van der Waals surface area contributed by atoms with E-state index in [2.05, 4.69) is 327 Å². The van der Waals surface area contributed by atoms with Crippen molar-refractivity contribution >= 4 is 60.7 Å². The molecule has 13 aromatic carbocycles. The fourth-order valence-corrected chi connectivity index (χ4v) is 17.7. The largest absolute Gasteiger partial charge is 0.527 e. The number of nitrogens with one attached hydrogen (secondary N) is 1. The van der Waals surface area contributed by atoms with Crippen LogP contribution in [0.3, 0.4) is 0 Å². The van der Waals surface area contributed by atoms with Gasteiger partial charge < -0.3 is 20.1 Å². The molecule has 0 spiro atoms. The van der Waals surface area contributed by atoms with Gasteiger partial charge in [0.2, 0.25) is 5.69 Å². The van der Waals surface area contributed by atoms with Crippen LogP contribution in [0.1, 0.15) is 129 Å². The third-order valence-corrected chi connectivity index (χ3v) is 24.0. The predicted molar refractivity (Wildman–Crippen MR) is 559 cm³/mol. The number of nitrogens with zero attached hydrogens (tertiary/aromatic N) is 10. The SMILES string of the molecule is C=C1Oc2ccccc2[C-]=C1c1ccccn1.CC(=O)C=C(C)O.CC(C)N=Nc1c2c3c(cccc3c3ccccc13)CN2.CC(C)c1cccc(C(C)C)c1-n1cc[n+]2c1-c1ccccc1C2.[2H]c1c([2H])c([2H])c2c(c1[2H])C[n+]1c([2H])c([2H])c([2H])c([2H])c1-2.[Ir].[Ir].[c-]1ccccc1-c1cc(-c2ccccc2)c2cc(-c3ccccc3)ccc2n1.[c-]1ccccc1-c1ccccn1.c1ccc2c(c1)Cc1n3ccccc3c[n+]1-2. The van der Waals surface area contributed by atoms with Crippen LogP contribution in [-0.2, 0) is 71.1 Å². The zero-order valence-corrected chi connectivity index (χ0v) is 83.6. The summed E-state index contributed by atoms with van der Waals surface area (Å²) in [6, 6.07) is 115. The van der Waals surface area contributed by atoms with E-state index in [1.807, 2.05) is 129 Å². The standard InChI is InChI=1S/C27H18N.C22H25N2.C18H17N3.C15H10NO.C14H11N2.C12H10N.C11H8N.C5H8O2.2Ir/c1-4-10-20(11-5-1)23-16-17-26-25(18-23)24(21-12-6-2-7-13-21)19-27(28-26)22-14-8-3-9-15-22;1-15(2)18-10-7-11-19(16(3)4)21(18)24-13-12-23-14-17-8-5-6-9-20(17)22(23)24;1-11(2)20-21-17-15-8-4-3-7-13(15)14-9-5-6-12-10-19-18(17)16(12)14;1-11-13(14-7-4-5-9-16-14)10-12-6-2-3-8-15(12)17-11;1-2-7-13-11(5-1)9-14-15-8-4-3-6-12(15)10-16(13)14;1-2-6-11-10(5-1)9-13-8-4-3-7-12(11)13;1-2-6-10(7-3-1)11-8-4-5-9-12-11;1-4(6)3-5(2)7;;/h1-14,16-19H;5-13,15-16H,14H2,1-4H3;3-9,11,19H,10H2,1-2H3;2-9H,1H2;1-8,10H,9H2;1-8H,9H2;1-6,8-9H;3,6H,1-2H3;;/q-1;+1;;-1;2*+1;-1;;;/i;;;;;1D,2D,3D,4D,5D,6D,7D,8D;;;;. The van der Waals surface area contributed by atoms with Crippen molar-refractivity contribution in [3.05, 3.63) is 500 Å². The number of hydrogen-bond donors (Lipinski definition) is 2. The number of aromatic nitrogens is 8. The molecule has 0 aliphatic carbocycles. The van der Waals surface area contributed by atoms with Crippen LogP contribution in [0.25, 0.3) is 122 Å². The van der Waals surface area contributed by atoms with Gasteiger partial charge in [-0.05, 0) is 150 Å². The van der Waals surface area contributed by atoms with Gasteiger partial charge in [-0.25, -0.2) is 4.57 Å². The Hall–Kier alpha value is -15.7. The Morgan fingerprint density at radius 2 is 1.17 bits per heavy atom. The molecule has 694 valence electrons. The van der Waals surface area contributed by atoms with Crippen molar-refractivity contribution < 1.29 is 79.5 Å². The summed E-state index contributed by atoms with van der Waals surface area (Å²) >= 11 is 0. The number of imidazole rings is 2. The first-order valence-corrected chi connectivity index (χ1v) is 46.3. The smallest absolute Gasteiger partial charge is 0.294 e. The number of benzene rings is 13. The normalized spacial score (nSPS) is 12.9. The van der Waals surface area contributed by atoms with Crippen molar-refractivity contribution in [2.75, 3.05) is 5.32 Å². The zero-order chi connectivity index (χ0) is 102. The molecule has 140 heavy (non-hydrogen) atoms. The van der Waals surface area contributed by atoms with E-state index < -0.39 is 12.1 Å².